The third kappa shape index (κ3) is 2.48. The number of carbonyl (C=O) groups is 1. The summed E-state index contributed by atoms with van der Waals surface area (Å²) in [7, 11) is 0. The van der Waals surface area contributed by atoms with E-state index < -0.39 is 5.60 Å². The Morgan fingerprint density at radius 1 is 1.58 bits per heavy atom. The average molecular weight is 172 g/mol. The summed E-state index contributed by atoms with van der Waals surface area (Å²) in [5.41, 5.74) is -0.403. The van der Waals surface area contributed by atoms with E-state index in [9.17, 15) is 4.79 Å². The zero-order valence-electron chi connectivity index (χ0n) is 7.83. The second-order valence-electron chi connectivity index (χ2n) is 4.32. The third-order valence-electron chi connectivity index (χ3n) is 1.87. The Morgan fingerprint density at radius 3 is 2.50 bits per heavy atom. The van der Waals surface area contributed by atoms with Gasteiger partial charge in [0.05, 0.1) is 5.92 Å². The van der Waals surface area contributed by atoms with Crippen molar-refractivity contribution in [2.24, 2.45) is 11.8 Å². The van der Waals surface area contributed by atoms with Gasteiger partial charge in [0.15, 0.2) is 0 Å². The van der Waals surface area contributed by atoms with Gasteiger partial charge < -0.3 is 9.84 Å². The Bertz CT molecular complexity index is 181. The number of hydrogen-bond donors (Lipinski definition) is 1. The topological polar surface area (TPSA) is 46.5 Å². The second kappa shape index (κ2) is 3.05. The fraction of sp³-hybridized carbons (Fsp3) is 0.889. The van der Waals surface area contributed by atoms with Gasteiger partial charge in [0.25, 0.3) is 0 Å². The lowest BCUT2D eigenvalue weighted by Crippen LogP contribution is -2.25. The third-order valence-corrected chi connectivity index (χ3v) is 1.87. The molecular weight excluding hydrogens is 156 g/mol. The highest BCUT2D eigenvalue weighted by Gasteiger charge is 2.44. The summed E-state index contributed by atoms with van der Waals surface area (Å²) in [6.07, 6.45) is 0.783. The molecule has 1 aliphatic rings. The van der Waals surface area contributed by atoms with Crippen molar-refractivity contribution in [3.8, 4) is 0 Å². The van der Waals surface area contributed by atoms with Crippen molar-refractivity contribution >= 4 is 5.97 Å². The fourth-order valence-corrected chi connectivity index (χ4v) is 1.12. The Morgan fingerprint density at radius 2 is 2.17 bits per heavy atom. The quantitative estimate of drug-likeness (QED) is 0.631. The summed E-state index contributed by atoms with van der Waals surface area (Å²) in [6, 6.07) is 0. The number of aliphatic hydroxyl groups excluding tert-OH is 1. The van der Waals surface area contributed by atoms with Gasteiger partial charge in [-0.1, -0.05) is 0 Å². The first kappa shape index (κ1) is 9.52. The van der Waals surface area contributed by atoms with Crippen molar-refractivity contribution < 1.29 is 14.6 Å². The van der Waals surface area contributed by atoms with Crippen LogP contribution in [0.2, 0.25) is 0 Å². The predicted molar refractivity (Wildman–Crippen MR) is 44.5 cm³/mol. The zero-order chi connectivity index (χ0) is 9.35. The molecule has 0 saturated heterocycles. The van der Waals surface area contributed by atoms with Crippen LogP contribution in [0.1, 0.15) is 27.2 Å². The van der Waals surface area contributed by atoms with Gasteiger partial charge in [0.2, 0.25) is 0 Å². The lowest BCUT2D eigenvalue weighted by atomic mass is 10.2. The molecule has 0 aromatic carbocycles. The highest BCUT2D eigenvalue weighted by molar-refractivity contribution is 5.76. The summed E-state index contributed by atoms with van der Waals surface area (Å²) in [5, 5.41) is 8.72. The molecule has 0 heterocycles. The molecule has 70 valence electrons. The Balaban J connectivity index is 2.32. The summed E-state index contributed by atoms with van der Waals surface area (Å²) in [5.74, 6) is -0.0596. The first-order valence-corrected chi connectivity index (χ1v) is 4.28. The van der Waals surface area contributed by atoms with Crippen LogP contribution in [0.4, 0.5) is 0 Å². The van der Waals surface area contributed by atoms with E-state index in [1.165, 1.54) is 0 Å². The molecule has 1 rings (SSSR count). The number of ether oxygens (including phenoxy) is 1. The highest BCUT2D eigenvalue weighted by Crippen LogP contribution is 2.39. The van der Waals surface area contributed by atoms with Gasteiger partial charge in [-0.15, -0.1) is 0 Å². The molecule has 1 fully saturated rings. The molecule has 0 aromatic rings. The average Bonchev–Trinajstić information content (AvgIpc) is 2.60. The maximum absolute atomic E-state index is 11.3. The van der Waals surface area contributed by atoms with E-state index in [0.29, 0.717) is 0 Å². The normalized spacial score (nSPS) is 28.3. The first-order chi connectivity index (χ1) is 5.44. The Labute approximate surface area is 72.7 Å². The molecule has 1 saturated carbocycles. The molecule has 0 amide bonds. The van der Waals surface area contributed by atoms with Gasteiger partial charge >= 0.3 is 5.97 Å². The second-order valence-corrected chi connectivity index (χ2v) is 4.32. The minimum absolute atomic E-state index is 0.0470. The van der Waals surface area contributed by atoms with E-state index in [1.54, 1.807) is 0 Å². The molecule has 3 heteroatoms. The standard InChI is InChI=1S/C9H16O3/c1-9(2,3)12-8(11)7-4-6(7)5-10/h6-7,10H,4-5H2,1-3H3/t6-,7+/m1/s1. The molecule has 1 aliphatic carbocycles. The van der Waals surface area contributed by atoms with Crippen LogP contribution >= 0.6 is 0 Å². The van der Waals surface area contributed by atoms with Crippen molar-refractivity contribution in [1.82, 2.24) is 0 Å². The largest absolute Gasteiger partial charge is 0.460 e. The van der Waals surface area contributed by atoms with Crippen LogP contribution in [0.3, 0.4) is 0 Å². The highest BCUT2D eigenvalue weighted by atomic mass is 16.6. The van der Waals surface area contributed by atoms with Crippen LogP contribution in [0, 0.1) is 11.8 Å². The summed E-state index contributed by atoms with van der Waals surface area (Å²) >= 11 is 0. The molecular formula is C9H16O3. The minimum atomic E-state index is -0.403. The number of aliphatic hydroxyl groups is 1. The van der Waals surface area contributed by atoms with E-state index in [-0.39, 0.29) is 24.4 Å². The molecule has 0 spiro atoms. The van der Waals surface area contributed by atoms with Gasteiger partial charge in [0.1, 0.15) is 5.60 Å². The van der Waals surface area contributed by atoms with Crippen LogP contribution in [0.25, 0.3) is 0 Å². The van der Waals surface area contributed by atoms with Crippen molar-refractivity contribution in [2.45, 2.75) is 32.8 Å². The van der Waals surface area contributed by atoms with Crippen LogP contribution in [0.15, 0.2) is 0 Å². The predicted octanol–water partition coefficient (Wildman–Crippen LogP) is 0.956. The summed E-state index contributed by atoms with van der Waals surface area (Å²) in [4.78, 5) is 11.3. The van der Waals surface area contributed by atoms with Crippen molar-refractivity contribution in [3.05, 3.63) is 0 Å². The summed E-state index contributed by atoms with van der Waals surface area (Å²) in [6.45, 7) is 5.65. The first-order valence-electron chi connectivity index (χ1n) is 4.28. The van der Waals surface area contributed by atoms with E-state index >= 15 is 0 Å². The number of hydrogen-bond acceptors (Lipinski definition) is 3. The van der Waals surface area contributed by atoms with E-state index in [4.69, 9.17) is 9.84 Å². The molecule has 0 aromatic heterocycles. The van der Waals surface area contributed by atoms with Gasteiger partial charge in [-0.25, -0.2) is 0 Å². The molecule has 3 nitrogen and oxygen atoms in total. The smallest absolute Gasteiger partial charge is 0.309 e. The van der Waals surface area contributed by atoms with Crippen molar-refractivity contribution in [2.75, 3.05) is 6.61 Å². The molecule has 0 aliphatic heterocycles. The lowest BCUT2D eigenvalue weighted by Gasteiger charge is -2.19. The van der Waals surface area contributed by atoms with Crippen molar-refractivity contribution in [3.63, 3.8) is 0 Å². The van der Waals surface area contributed by atoms with Gasteiger partial charge in [-0.05, 0) is 33.1 Å². The monoisotopic (exact) mass is 172 g/mol. The van der Waals surface area contributed by atoms with Crippen LogP contribution in [0.5, 0.6) is 0 Å². The minimum Gasteiger partial charge on any atom is -0.460 e. The lowest BCUT2D eigenvalue weighted by molar-refractivity contribution is -0.157. The van der Waals surface area contributed by atoms with E-state index in [0.717, 1.165) is 6.42 Å². The number of carbonyl (C=O) groups excluding carboxylic acids is 1. The van der Waals surface area contributed by atoms with Crippen molar-refractivity contribution in [1.29, 1.82) is 0 Å². The Hall–Kier alpha value is -0.570. The van der Waals surface area contributed by atoms with Crippen LogP contribution in [-0.4, -0.2) is 23.3 Å². The molecule has 0 bridgehead atoms. The maximum atomic E-state index is 11.3. The molecule has 0 unspecified atom stereocenters. The van der Waals surface area contributed by atoms with Gasteiger partial charge in [-0.3, -0.25) is 4.79 Å². The van der Waals surface area contributed by atoms with E-state index in [1.807, 2.05) is 20.8 Å². The maximum Gasteiger partial charge on any atom is 0.309 e. The molecule has 12 heavy (non-hydrogen) atoms. The van der Waals surface area contributed by atoms with E-state index in [2.05, 4.69) is 0 Å². The van der Waals surface area contributed by atoms with Crippen LogP contribution < -0.4 is 0 Å². The number of esters is 1. The zero-order valence-corrected chi connectivity index (χ0v) is 7.83. The molecule has 0 radical (unpaired) electrons. The van der Waals surface area contributed by atoms with Gasteiger partial charge in [-0.2, -0.15) is 0 Å². The molecule has 2 atom stereocenters. The summed E-state index contributed by atoms with van der Waals surface area (Å²) < 4.78 is 5.14. The van der Waals surface area contributed by atoms with Gasteiger partial charge in [0, 0.05) is 6.61 Å². The Kier molecular flexibility index (Phi) is 2.42. The van der Waals surface area contributed by atoms with Crippen LogP contribution in [-0.2, 0) is 9.53 Å². The SMILES string of the molecule is CC(C)(C)OC(=O)[C@H]1C[C@@H]1CO. The fourth-order valence-electron chi connectivity index (χ4n) is 1.12. The number of rotatable bonds is 2. The molecule has 1 N–H and O–H groups in total.